The van der Waals surface area contributed by atoms with Gasteiger partial charge in [0, 0.05) is 5.69 Å². The van der Waals surface area contributed by atoms with Crippen LogP contribution in [0.25, 0.3) is 0 Å². The van der Waals surface area contributed by atoms with E-state index in [1.807, 2.05) is 6.92 Å². The largest absolute Gasteiger partial charge is 0.478 e. The Balaban J connectivity index is 3.37. The molecule has 0 saturated heterocycles. The fraction of sp³-hybridized carbons (Fsp3) is 0.222. The molecule has 3 heteroatoms. The molecule has 0 atom stereocenters. The molecule has 0 aliphatic carbocycles. The molecule has 0 radical (unpaired) electrons. The van der Waals surface area contributed by atoms with Crippen molar-refractivity contribution >= 4 is 11.7 Å². The molecule has 3 N–H and O–H groups in total. The minimum Gasteiger partial charge on any atom is -0.478 e. The number of anilines is 1. The van der Waals surface area contributed by atoms with Crippen LogP contribution in [0.5, 0.6) is 0 Å². The second-order valence-corrected chi connectivity index (χ2v) is 2.82. The van der Waals surface area contributed by atoms with Crippen LogP contribution in [0.2, 0.25) is 0 Å². The van der Waals surface area contributed by atoms with Gasteiger partial charge in [0.15, 0.2) is 0 Å². The van der Waals surface area contributed by atoms with Crippen molar-refractivity contribution in [2.75, 3.05) is 5.73 Å². The average molecular weight is 165 g/mol. The molecule has 0 unspecified atom stereocenters. The molecule has 1 aromatic rings. The van der Waals surface area contributed by atoms with E-state index >= 15 is 0 Å². The van der Waals surface area contributed by atoms with E-state index in [1.165, 1.54) is 6.07 Å². The van der Waals surface area contributed by atoms with Gasteiger partial charge in [0.2, 0.25) is 0 Å². The number of rotatable bonds is 1. The van der Waals surface area contributed by atoms with Gasteiger partial charge in [0.05, 0.1) is 5.56 Å². The van der Waals surface area contributed by atoms with E-state index in [9.17, 15) is 4.79 Å². The summed E-state index contributed by atoms with van der Waals surface area (Å²) in [6, 6.07) is 3.24. The topological polar surface area (TPSA) is 63.3 Å². The van der Waals surface area contributed by atoms with E-state index in [1.54, 1.807) is 13.0 Å². The number of carbonyl (C=O) groups is 1. The lowest BCUT2D eigenvalue weighted by atomic mass is 10.0. The highest BCUT2D eigenvalue weighted by atomic mass is 16.4. The zero-order valence-corrected chi connectivity index (χ0v) is 7.09. The maximum Gasteiger partial charge on any atom is 0.336 e. The second kappa shape index (κ2) is 2.85. The third kappa shape index (κ3) is 1.39. The lowest BCUT2D eigenvalue weighted by molar-refractivity contribution is 0.0696. The van der Waals surface area contributed by atoms with Crippen LogP contribution in [0.15, 0.2) is 12.1 Å². The third-order valence-electron chi connectivity index (χ3n) is 1.92. The molecule has 0 aromatic heterocycles. The van der Waals surface area contributed by atoms with Crippen LogP contribution in [0.1, 0.15) is 21.5 Å². The summed E-state index contributed by atoms with van der Waals surface area (Å²) in [4.78, 5) is 10.7. The number of carboxylic acids is 1. The Hall–Kier alpha value is -1.51. The van der Waals surface area contributed by atoms with E-state index in [2.05, 4.69) is 0 Å². The highest BCUT2D eigenvalue weighted by molar-refractivity contribution is 5.90. The van der Waals surface area contributed by atoms with Gasteiger partial charge in [0.1, 0.15) is 0 Å². The normalized spacial score (nSPS) is 9.83. The summed E-state index contributed by atoms with van der Waals surface area (Å²) in [6.07, 6.45) is 0. The molecule has 0 aliphatic rings. The number of nitrogen functional groups attached to an aromatic ring is 1. The Morgan fingerprint density at radius 2 is 2.00 bits per heavy atom. The van der Waals surface area contributed by atoms with Gasteiger partial charge in [-0.15, -0.1) is 0 Å². The summed E-state index contributed by atoms with van der Waals surface area (Å²) in [5.74, 6) is -0.928. The van der Waals surface area contributed by atoms with Crippen molar-refractivity contribution in [1.29, 1.82) is 0 Å². The minimum atomic E-state index is -0.928. The molecule has 1 rings (SSSR count). The molecule has 0 aliphatic heterocycles. The molecule has 3 nitrogen and oxygen atoms in total. The maximum absolute atomic E-state index is 10.7. The Morgan fingerprint density at radius 1 is 1.42 bits per heavy atom. The standard InChI is InChI=1S/C9H11NO2/c1-5-3-7(10)4-8(6(5)2)9(11)12/h3-4H,10H2,1-2H3,(H,11,12). The first-order valence-corrected chi connectivity index (χ1v) is 3.62. The number of carboxylic acid groups (broad SMARTS) is 1. The highest BCUT2D eigenvalue weighted by Crippen LogP contribution is 2.17. The number of nitrogens with two attached hydrogens (primary N) is 1. The summed E-state index contributed by atoms with van der Waals surface area (Å²) < 4.78 is 0. The van der Waals surface area contributed by atoms with E-state index in [-0.39, 0.29) is 5.56 Å². The Labute approximate surface area is 70.8 Å². The molecule has 0 heterocycles. The zero-order chi connectivity index (χ0) is 9.30. The Bertz CT molecular complexity index is 332. The molecule has 1 aromatic carbocycles. The van der Waals surface area contributed by atoms with Gasteiger partial charge in [0.25, 0.3) is 0 Å². The summed E-state index contributed by atoms with van der Waals surface area (Å²) in [6.45, 7) is 3.62. The van der Waals surface area contributed by atoms with Crippen molar-refractivity contribution < 1.29 is 9.90 Å². The summed E-state index contributed by atoms with van der Waals surface area (Å²) in [5.41, 5.74) is 7.97. The minimum absolute atomic E-state index is 0.285. The summed E-state index contributed by atoms with van der Waals surface area (Å²) >= 11 is 0. The van der Waals surface area contributed by atoms with Crippen LogP contribution >= 0.6 is 0 Å². The van der Waals surface area contributed by atoms with Crippen LogP contribution in [0.3, 0.4) is 0 Å². The zero-order valence-electron chi connectivity index (χ0n) is 7.09. The number of benzene rings is 1. The van der Waals surface area contributed by atoms with Crippen molar-refractivity contribution in [3.8, 4) is 0 Å². The first-order chi connectivity index (χ1) is 5.52. The van der Waals surface area contributed by atoms with Crippen LogP contribution < -0.4 is 5.73 Å². The molecular weight excluding hydrogens is 154 g/mol. The number of hydrogen-bond acceptors (Lipinski definition) is 2. The lowest BCUT2D eigenvalue weighted by Crippen LogP contribution is -2.02. The van der Waals surface area contributed by atoms with Crippen LogP contribution in [-0.2, 0) is 0 Å². The van der Waals surface area contributed by atoms with Crippen molar-refractivity contribution in [3.05, 3.63) is 28.8 Å². The van der Waals surface area contributed by atoms with E-state index in [4.69, 9.17) is 10.8 Å². The second-order valence-electron chi connectivity index (χ2n) is 2.82. The van der Waals surface area contributed by atoms with Crippen molar-refractivity contribution in [3.63, 3.8) is 0 Å². The van der Waals surface area contributed by atoms with Crippen LogP contribution in [0, 0.1) is 13.8 Å². The molecule has 0 fully saturated rings. The van der Waals surface area contributed by atoms with Crippen molar-refractivity contribution in [2.45, 2.75) is 13.8 Å². The fourth-order valence-corrected chi connectivity index (χ4v) is 1.11. The van der Waals surface area contributed by atoms with Gasteiger partial charge < -0.3 is 10.8 Å². The first-order valence-electron chi connectivity index (χ1n) is 3.62. The fourth-order valence-electron chi connectivity index (χ4n) is 1.11. The van der Waals surface area contributed by atoms with Gasteiger partial charge in [-0.25, -0.2) is 4.79 Å². The van der Waals surface area contributed by atoms with Crippen molar-refractivity contribution in [2.24, 2.45) is 0 Å². The molecule has 0 spiro atoms. The lowest BCUT2D eigenvalue weighted by Gasteiger charge is -2.05. The van der Waals surface area contributed by atoms with Crippen LogP contribution in [0.4, 0.5) is 5.69 Å². The van der Waals surface area contributed by atoms with Crippen LogP contribution in [-0.4, -0.2) is 11.1 Å². The number of hydrogen-bond donors (Lipinski definition) is 2. The molecular formula is C9H11NO2. The van der Waals surface area contributed by atoms with Gasteiger partial charge >= 0.3 is 5.97 Å². The molecule has 12 heavy (non-hydrogen) atoms. The number of aryl methyl sites for hydroxylation is 1. The van der Waals surface area contributed by atoms with E-state index < -0.39 is 5.97 Å². The first kappa shape index (κ1) is 8.59. The smallest absolute Gasteiger partial charge is 0.336 e. The Kier molecular flexibility index (Phi) is 2.04. The van der Waals surface area contributed by atoms with Gasteiger partial charge in [-0.2, -0.15) is 0 Å². The molecule has 0 amide bonds. The Morgan fingerprint density at radius 3 is 2.50 bits per heavy atom. The molecule has 0 bridgehead atoms. The maximum atomic E-state index is 10.7. The predicted molar refractivity (Wildman–Crippen MR) is 47.3 cm³/mol. The van der Waals surface area contributed by atoms with Crippen molar-refractivity contribution in [1.82, 2.24) is 0 Å². The third-order valence-corrected chi connectivity index (χ3v) is 1.92. The summed E-state index contributed by atoms with van der Waals surface area (Å²) in [7, 11) is 0. The predicted octanol–water partition coefficient (Wildman–Crippen LogP) is 1.58. The van der Waals surface area contributed by atoms with Gasteiger partial charge in [-0.05, 0) is 37.1 Å². The molecule has 0 saturated carbocycles. The highest BCUT2D eigenvalue weighted by Gasteiger charge is 2.08. The van der Waals surface area contributed by atoms with Gasteiger partial charge in [-0.1, -0.05) is 0 Å². The summed E-state index contributed by atoms with van der Waals surface area (Å²) in [5, 5.41) is 8.76. The van der Waals surface area contributed by atoms with E-state index in [0.717, 1.165) is 11.1 Å². The SMILES string of the molecule is Cc1cc(N)cc(C(=O)O)c1C. The number of aromatic carboxylic acids is 1. The monoisotopic (exact) mass is 165 g/mol. The average Bonchev–Trinajstić information content (AvgIpc) is 1.96. The molecule has 64 valence electrons. The van der Waals surface area contributed by atoms with E-state index in [0.29, 0.717) is 5.69 Å². The van der Waals surface area contributed by atoms with Gasteiger partial charge in [-0.3, -0.25) is 0 Å². The quantitative estimate of drug-likeness (QED) is 0.621.